The van der Waals surface area contributed by atoms with Crippen LogP contribution in [0.15, 0.2) is 24.3 Å². The van der Waals surface area contributed by atoms with Crippen LogP contribution in [0.3, 0.4) is 0 Å². The van der Waals surface area contributed by atoms with Gasteiger partial charge in [-0.1, -0.05) is 6.92 Å². The van der Waals surface area contributed by atoms with Crippen LogP contribution in [0.25, 0.3) is 0 Å². The molecule has 20 heavy (non-hydrogen) atoms. The van der Waals surface area contributed by atoms with E-state index in [2.05, 4.69) is 5.32 Å². The third-order valence-corrected chi connectivity index (χ3v) is 3.17. The van der Waals surface area contributed by atoms with E-state index >= 15 is 0 Å². The fourth-order valence-electron chi connectivity index (χ4n) is 1.48. The fourth-order valence-corrected chi connectivity index (χ4v) is 1.48. The highest BCUT2D eigenvalue weighted by molar-refractivity contribution is 5.92. The number of hydrogen-bond acceptors (Lipinski definition) is 3. The maximum Gasteiger partial charge on any atom is 0.261 e. The van der Waals surface area contributed by atoms with Gasteiger partial charge in [-0.2, -0.15) is 0 Å². The lowest BCUT2D eigenvalue weighted by molar-refractivity contribution is -0.128. The minimum absolute atomic E-state index is 0.171. The molecule has 0 saturated carbocycles. The summed E-state index contributed by atoms with van der Waals surface area (Å²) in [5.41, 5.74) is 5.30. The molecule has 0 saturated heterocycles. The highest BCUT2D eigenvalue weighted by Crippen LogP contribution is 2.14. The lowest BCUT2D eigenvalue weighted by Crippen LogP contribution is -2.48. The molecule has 1 aromatic carbocycles. The highest BCUT2D eigenvalue weighted by Gasteiger charge is 2.22. The Balaban J connectivity index is 2.63. The van der Waals surface area contributed by atoms with E-state index in [1.807, 2.05) is 20.8 Å². The van der Waals surface area contributed by atoms with Gasteiger partial charge in [0.15, 0.2) is 6.10 Å². The molecule has 1 atom stereocenters. The van der Waals surface area contributed by atoms with E-state index in [-0.39, 0.29) is 11.4 Å². The van der Waals surface area contributed by atoms with E-state index in [0.717, 1.165) is 6.42 Å². The summed E-state index contributed by atoms with van der Waals surface area (Å²) in [6.07, 6.45) is 0.221. The molecule has 3 N–H and O–H groups in total. The number of rotatable bonds is 6. The zero-order valence-electron chi connectivity index (χ0n) is 12.4. The molecule has 5 nitrogen and oxygen atoms in total. The molecule has 0 radical (unpaired) electrons. The smallest absolute Gasteiger partial charge is 0.261 e. The van der Waals surface area contributed by atoms with Crippen molar-refractivity contribution in [2.24, 2.45) is 5.73 Å². The number of benzene rings is 1. The first-order valence-electron chi connectivity index (χ1n) is 6.63. The van der Waals surface area contributed by atoms with Crippen LogP contribution < -0.4 is 15.8 Å². The van der Waals surface area contributed by atoms with Crippen LogP contribution in [0, 0.1) is 0 Å². The van der Waals surface area contributed by atoms with E-state index in [1.165, 1.54) is 0 Å². The Morgan fingerprint density at radius 1 is 1.30 bits per heavy atom. The number of nitrogens with one attached hydrogen (secondary N) is 1. The van der Waals surface area contributed by atoms with Crippen molar-refractivity contribution in [2.45, 2.75) is 45.8 Å². The summed E-state index contributed by atoms with van der Waals surface area (Å²) in [5.74, 6) is -0.144. The predicted molar refractivity (Wildman–Crippen MR) is 77.6 cm³/mol. The number of ether oxygens (including phenoxy) is 1. The molecule has 1 rings (SSSR count). The Labute approximate surface area is 119 Å². The van der Waals surface area contributed by atoms with Gasteiger partial charge >= 0.3 is 0 Å². The van der Waals surface area contributed by atoms with Crippen LogP contribution in [0.1, 0.15) is 44.5 Å². The van der Waals surface area contributed by atoms with Gasteiger partial charge in [0, 0.05) is 11.1 Å². The monoisotopic (exact) mass is 278 g/mol. The quantitative estimate of drug-likeness (QED) is 0.833. The number of carbonyl (C=O) groups is 2. The number of hydrogen-bond donors (Lipinski definition) is 2. The average molecular weight is 278 g/mol. The zero-order valence-corrected chi connectivity index (χ0v) is 12.4. The molecule has 0 aliphatic carbocycles. The molecule has 0 aliphatic rings. The summed E-state index contributed by atoms with van der Waals surface area (Å²) in [4.78, 5) is 22.9. The molecule has 1 unspecified atom stereocenters. The summed E-state index contributed by atoms with van der Waals surface area (Å²) in [7, 11) is 0. The van der Waals surface area contributed by atoms with Gasteiger partial charge in [-0.3, -0.25) is 9.59 Å². The molecule has 0 bridgehead atoms. The summed E-state index contributed by atoms with van der Waals surface area (Å²) in [6.45, 7) is 7.61. The van der Waals surface area contributed by atoms with E-state index < -0.39 is 12.0 Å². The number of amides is 2. The van der Waals surface area contributed by atoms with Crippen molar-refractivity contribution in [1.29, 1.82) is 0 Å². The summed E-state index contributed by atoms with van der Waals surface area (Å²) >= 11 is 0. The van der Waals surface area contributed by atoms with E-state index in [0.29, 0.717) is 11.3 Å². The van der Waals surface area contributed by atoms with E-state index in [1.54, 1.807) is 31.2 Å². The predicted octanol–water partition coefficient (Wildman–Crippen LogP) is 1.86. The summed E-state index contributed by atoms with van der Waals surface area (Å²) in [5, 5.41) is 2.92. The normalized spacial score (nSPS) is 12.6. The number of nitrogens with two attached hydrogens (primary N) is 1. The largest absolute Gasteiger partial charge is 0.481 e. The van der Waals surface area contributed by atoms with Gasteiger partial charge in [0.2, 0.25) is 5.91 Å². The molecule has 5 heteroatoms. The second-order valence-electron chi connectivity index (χ2n) is 5.38. The van der Waals surface area contributed by atoms with E-state index in [9.17, 15) is 9.59 Å². The topological polar surface area (TPSA) is 81.4 Å². The van der Waals surface area contributed by atoms with Crippen LogP contribution in [0.5, 0.6) is 5.75 Å². The van der Waals surface area contributed by atoms with Crippen molar-refractivity contribution in [1.82, 2.24) is 5.32 Å². The Morgan fingerprint density at radius 3 is 2.30 bits per heavy atom. The van der Waals surface area contributed by atoms with Crippen molar-refractivity contribution in [2.75, 3.05) is 0 Å². The third kappa shape index (κ3) is 4.57. The zero-order chi connectivity index (χ0) is 15.3. The maximum absolute atomic E-state index is 12.0. The van der Waals surface area contributed by atoms with Gasteiger partial charge in [-0.25, -0.2) is 0 Å². The van der Waals surface area contributed by atoms with Gasteiger partial charge in [-0.15, -0.1) is 0 Å². The lowest BCUT2D eigenvalue weighted by Gasteiger charge is -2.26. The standard InChI is InChI=1S/C15H22N2O3/c1-5-15(3,4)17-14(19)10(2)20-12-8-6-11(7-9-12)13(16)18/h6-10H,5H2,1-4H3,(H2,16,18)(H,17,19). The van der Waals surface area contributed by atoms with E-state index in [4.69, 9.17) is 10.5 Å². The van der Waals surface area contributed by atoms with Gasteiger partial charge in [-0.05, 0) is 51.5 Å². The van der Waals surface area contributed by atoms with Crippen LogP contribution in [0.2, 0.25) is 0 Å². The summed E-state index contributed by atoms with van der Waals surface area (Å²) < 4.78 is 5.54. The Bertz CT molecular complexity index is 480. The minimum Gasteiger partial charge on any atom is -0.481 e. The van der Waals surface area contributed by atoms with Gasteiger partial charge in [0.05, 0.1) is 0 Å². The van der Waals surface area contributed by atoms with Crippen molar-refractivity contribution in [3.8, 4) is 5.75 Å². The summed E-state index contributed by atoms with van der Waals surface area (Å²) in [6, 6.07) is 6.38. The van der Waals surface area contributed by atoms with Crippen LogP contribution in [-0.4, -0.2) is 23.5 Å². The third-order valence-electron chi connectivity index (χ3n) is 3.17. The molecule has 0 heterocycles. The van der Waals surface area contributed by atoms with Gasteiger partial charge < -0.3 is 15.8 Å². The molecule has 0 fully saturated rings. The van der Waals surface area contributed by atoms with Crippen LogP contribution in [-0.2, 0) is 4.79 Å². The Hall–Kier alpha value is -2.04. The first-order valence-corrected chi connectivity index (χ1v) is 6.63. The van der Waals surface area contributed by atoms with Crippen molar-refractivity contribution in [3.63, 3.8) is 0 Å². The average Bonchev–Trinajstić information content (AvgIpc) is 2.38. The SMILES string of the molecule is CCC(C)(C)NC(=O)C(C)Oc1ccc(C(N)=O)cc1. The molecule has 0 spiro atoms. The second-order valence-corrected chi connectivity index (χ2v) is 5.38. The molecular formula is C15H22N2O3. The van der Waals surface area contributed by atoms with Crippen LogP contribution >= 0.6 is 0 Å². The molecule has 2 amide bonds. The molecule has 0 aliphatic heterocycles. The molecule has 1 aromatic rings. The van der Waals surface area contributed by atoms with Gasteiger partial charge in [0.25, 0.3) is 5.91 Å². The molecule has 110 valence electrons. The second kappa shape index (κ2) is 6.41. The highest BCUT2D eigenvalue weighted by atomic mass is 16.5. The maximum atomic E-state index is 12.0. The van der Waals surface area contributed by atoms with Crippen molar-refractivity contribution in [3.05, 3.63) is 29.8 Å². The fraction of sp³-hybridized carbons (Fsp3) is 0.467. The lowest BCUT2D eigenvalue weighted by atomic mass is 10.0. The van der Waals surface area contributed by atoms with Gasteiger partial charge in [0.1, 0.15) is 5.75 Å². The molecular weight excluding hydrogens is 256 g/mol. The number of carbonyl (C=O) groups excluding carboxylic acids is 2. The minimum atomic E-state index is -0.611. The van der Waals surface area contributed by atoms with Crippen molar-refractivity contribution >= 4 is 11.8 Å². The first kappa shape index (κ1) is 16.0. The number of primary amides is 1. The van der Waals surface area contributed by atoms with Crippen molar-refractivity contribution < 1.29 is 14.3 Å². The Kier molecular flexibility index (Phi) is 5.13. The van der Waals surface area contributed by atoms with Crippen LogP contribution in [0.4, 0.5) is 0 Å². The Morgan fingerprint density at radius 2 is 1.85 bits per heavy atom. The first-order chi connectivity index (χ1) is 9.25. The molecule has 0 aromatic heterocycles.